The number of carbonyl (C=O) groups excluding carboxylic acids is 1. The Hall–Kier alpha value is -4.68. The van der Waals surface area contributed by atoms with E-state index in [2.05, 4.69) is 25.5 Å². The first kappa shape index (κ1) is 28.4. The number of urea groups is 1. The van der Waals surface area contributed by atoms with Crippen molar-refractivity contribution in [3.05, 3.63) is 72.3 Å². The monoisotopic (exact) mass is 589 g/mol. The van der Waals surface area contributed by atoms with Crippen molar-refractivity contribution in [1.82, 2.24) is 20.2 Å². The minimum Gasteiger partial charge on any atom is -0.489 e. The van der Waals surface area contributed by atoms with Crippen LogP contribution in [0.5, 0.6) is 28.9 Å². The Kier molecular flexibility index (Phi) is 8.95. The summed E-state index contributed by atoms with van der Waals surface area (Å²) in [6, 6.07) is 14.4. The second-order valence-electron chi connectivity index (χ2n) is 9.98. The van der Waals surface area contributed by atoms with E-state index in [9.17, 15) is 9.18 Å². The Balaban J connectivity index is 1.11. The number of fused-ring (bicyclic) bond motifs is 3. The summed E-state index contributed by atoms with van der Waals surface area (Å²) in [7, 11) is 0. The lowest BCUT2D eigenvalue weighted by atomic mass is 10.1. The smallest absolute Gasteiger partial charge is 0.319 e. The molecule has 1 aromatic heterocycles. The van der Waals surface area contributed by atoms with Gasteiger partial charge in [-0.15, -0.1) is 0 Å². The van der Waals surface area contributed by atoms with Gasteiger partial charge in [0.05, 0.1) is 25.3 Å². The van der Waals surface area contributed by atoms with Gasteiger partial charge in [-0.25, -0.2) is 19.2 Å². The summed E-state index contributed by atoms with van der Waals surface area (Å²) < 4.78 is 43.5. The molecule has 1 fully saturated rings. The highest BCUT2D eigenvalue weighted by Gasteiger charge is 2.25. The molecule has 0 spiro atoms. The van der Waals surface area contributed by atoms with Gasteiger partial charge >= 0.3 is 6.03 Å². The van der Waals surface area contributed by atoms with Crippen LogP contribution in [0.3, 0.4) is 0 Å². The van der Waals surface area contributed by atoms with E-state index in [1.807, 2.05) is 6.07 Å². The fraction of sp³-hybridized carbons (Fsp3) is 0.323. The summed E-state index contributed by atoms with van der Waals surface area (Å²) in [4.78, 5) is 23.5. The van der Waals surface area contributed by atoms with Gasteiger partial charge in [0.1, 0.15) is 36.5 Å². The molecule has 2 N–H and O–H groups in total. The lowest BCUT2D eigenvalue weighted by Gasteiger charge is -2.26. The summed E-state index contributed by atoms with van der Waals surface area (Å²) in [5.41, 5.74) is 1.54. The number of amides is 2. The molecule has 6 rings (SSSR count). The van der Waals surface area contributed by atoms with Crippen molar-refractivity contribution >= 4 is 22.6 Å². The van der Waals surface area contributed by atoms with Crippen molar-refractivity contribution in [2.75, 3.05) is 58.0 Å². The van der Waals surface area contributed by atoms with Crippen LogP contribution in [0.4, 0.5) is 14.9 Å². The maximum absolute atomic E-state index is 13.8. The number of aromatic nitrogens is 2. The third-order valence-corrected chi connectivity index (χ3v) is 7.05. The standard InChI is InChI=1S/C31H32FN5O6/c32-24-5-2-1-4-21(24)19-33-31(38)36-22-6-8-23(9-7-22)43-30-27-25(34-20-35-30)18-26(28-29(27)42-17-16-41-28)40-13-3-10-37-11-14-39-15-12-37/h1-2,4-9,18,20H,3,10-17,19H2,(H2,33,36,38). The summed E-state index contributed by atoms with van der Waals surface area (Å²) in [6.45, 7) is 5.71. The van der Waals surface area contributed by atoms with Crippen LogP contribution in [0.15, 0.2) is 60.9 Å². The van der Waals surface area contributed by atoms with Gasteiger partial charge in [-0.1, -0.05) is 18.2 Å². The molecule has 0 saturated carbocycles. The molecule has 43 heavy (non-hydrogen) atoms. The van der Waals surface area contributed by atoms with E-state index in [1.54, 1.807) is 42.5 Å². The summed E-state index contributed by atoms with van der Waals surface area (Å²) >= 11 is 0. The number of carbonyl (C=O) groups is 1. The van der Waals surface area contributed by atoms with Gasteiger partial charge in [0.2, 0.25) is 11.6 Å². The number of hydrogen-bond donors (Lipinski definition) is 2. The quantitative estimate of drug-likeness (QED) is 0.253. The third kappa shape index (κ3) is 7.04. The molecule has 0 atom stereocenters. The predicted octanol–water partition coefficient (Wildman–Crippen LogP) is 4.76. The average Bonchev–Trinajstić information content (AvgIpc) is 3.04. The normalized spacial score (nSPS) is 14.7. The number of ether oxygens (including phenoxy) is 5. The maximum Gasteiger partial charge on any atom is 0.319 e. The molecule has 224 valence electrons. The molecule has 12 heteroatoms. The van der Waals surface area contributed by atoms with E-state index in [0.717, 1.165) is 39.3 Å². The van der Waals surface area contributed by atoms with Crippen LogP contribution >= 0.6 is 0 Å². The SMILES string of the molecule is O=C(NCc1ccccc1F)Nc1ccc(Oc2ncnc3cc(OCCCN4CCOCC4)c4c(c23)OCCO4)cc1. The van der Waals surface area contributed by atoms with Crippen LogP contribution in [-0.2, 0) is 11.3 Å². The van der Waals surface area contributed by atoms with E-state index in [0.29, 0.717) is 70.9 Å². The number of nitrogens with one attached hydrogen (secondary N) is 2. The van der Waals surface area contributed by atoms with E-state index < -0.39 is 6.03 Å². The second-order valence-corrected chi connectivity index (χ2v) is 9.98. The second kappa shape index (κ2) is 13.5. The first-order valence-electron chi connectivity index (χ1n) is 14.2. The molecule has 2 aliphatic rings. The Morgan fingerprint density at radius 2 is 1.77 bits per heavy atom. The molecule has 0 unspecified atom stereocenters. The van der Waals surface area contributed by atoms with Crippen LogP contribution in [0.25, 0.3) is 10.9 Å². The molecule has 2 aliphatic heterocycles. The molecule has 0 bridgehead atoms. The number of halogens is 1. The van der Waals surface area contributed by atoms with Gasteiger partial charge in [-0.05, 0) is 36.8 Å². The van der Waals surface area contributed by atoms with E-state index in [4.69, 9.17) is 23.7 Å². The molecule has 0 aliphatic carbocycles. The molecular formula is C31H32FN5O6. The summed E-state index contributed by atoms with van der Waals surface area (Å²) in [5, 5.41) is 5.95. The van der Waals surface area contributed by atoms with Crippen LogP contribution in [0.1, 0.15) is 12.0 Å². The van der Waals surface area contributed by atoms with Gasteiger partial charge in [-0.2, -0.15) is 0 Å². The third-order valence-electron chi connectivity index (χ3n) is 7.05. The fourth-order valence-corrected chi connectivity index (χ4v) is 4.87. The zero-order valence-corrected chi connectivity index (χ0v) is 23.5. The largest absolute Gasteiger partial charge is 0.489 e. The number of hydrogen-bond acceptors (Lipinski definition) is 9. The molecule has 3 heterocycles. The lowest BCUT2D eigenvalue weighted by molar-refractivity contribution is 0.0357. The number of anilines is 1. The van der Waals surface area contributed by atoms with E-state index >= 15 is 0 Å². The highest BCUT2D eigenvalue weighted by Crippen LogP contribution is 2.47. The Bertz CT molecular complexity index is 1560. The summed E-state index contributed by atoms with van der Waals surface area (Å²) in [6.07, 6.45) is 2.29. The number of morpholine rings is 1. The van der Waals surface area contributed by atoms with Crippen LogP contribution in [0.2, 0.25) is 0 Å². The van der Waals surface area contributed by atoms with Crippen molar-refractivity contribution < 1.29 is 32.9 Å². The first-order valence-corrected chi connectivity index (χ1v) is 14.2. The van der Waals surface area contributed by atoms with Crippen LogP contribution in [0, 0.1) is 5.82 Å². The van der Waals surface area contributed by atoms with Gasteiger partial charge in [0.15, 0.2) is 11.5 Å². The van der Waals surface area contributed by atoms with Gasteiger partial charge in [0, 0.05) is 43.5 Å². The fourth-order valence-electron chi connectivity index (χ4n) is 4.87. The Labute approximate surface area is 247 Å². The minimum absolute atomic E-state index is 0.0672. The van der Waals surface area contributed by atoms with Crippen molar-refractivity contribution in [3.8, 4) is 28.9 Å². The maximum atomic E-state index is 13.8. The molecule has 0 radical (unpaired) electrons. The highest BCUT2D eigenvalue weighted by atomic mass is 19.1. The number of nitrogens with zero attached hydrogens (tertiary/aromatic N) is 3. The number of rotatable bonds is 10. The average molecular weight is 590 g/mol. The van der Waals surface area contributed by atoms with E-state index in [1.165, 1.54) is 12.4 Å². The van der Waals surface area contributed by atoms with E-state index in [-0.39, 0.29) is 12.4 Å². The van der Waals surface area contributed by atoms with Gasteiger partial charge < -0.3 is 34.3 Å². The predicted molar refractivity (Wildman–Crippen MR) is 157 cm³/mol. The van der Waals surface area contributed by atoms with Gasteiger partial charge in [-0.3, -0.25) is 4.90 Å². The molecule has 1 saturated heterocycles. The molecule has 3 aromatic carbocycles. The van der Waals surface area contributed by atoms with Crippen LogP contribution < -0.4 is 29.6 Å². The highest BCUT2D eigenvalue weighted by molar-refractivity contribution is 5.94. The lowest BCUT2D eigenvalue weighted by Crippen LogP contribution is -2.37. The number of benzene rings is 3. The van der Waals surface area contributed by atoms with Crippen LogP contribution in [-0.4, -0.2) is 73.6 Å². The van der Waals surface area contributed by atoms with Crippen molar-refractivity contribution in [2.24, 2.45) is 0 Å². The Morgan fingerprint density at radius 1 is 0.977 bits per heavy atom. The zero-order valence-electron chi connectivity index (χ0n) is 23.5. The molecular weight excluding hydrogens is 557 g/mol. The topological polar surface area (TPSA) is 116 Å². The van der Waals surface area contributed by atoms with Gasteiger partial charge in [0.25, 0.3) is 0 Å². The minimum atomic E-state index is -0.457. The first-order chi connectivity index (χ1) is 21.1. The van der Waals surface area contributed by atoms with Crippen molar-refractivity contribution in [1.29, 1.82) is 0 Å². The van der Waals surface area contributed by atoms with Crippen molar-refractivity contribution in [3.63, 3.8) is 0 Å². The Morgan fingerprint density at radius 3 is 2.58 bits per heavy atom. The molecule has 2 amide bonds. The molecule has 4 aromatic rings. The molecule has 11 nitrogen and oxygen atoms in total. The zero-order chi connectivity index (χ0) is 29.4. The summed E-state index contributed by atoms with van der Waals surface area (Å²) in [5.74, 6) is 1.97. The van der Waals surface area contributed by atoms with Crippen molar-refractivity contribution in [2.45, 2.75) is 13.0 Å².